The Labute approximate surface area is 117 Å². The van der Waals surface area contributed by atoms with Gasteiger partial charge >= 0.3 is 0 Å². The van der Waals surface area contributed by atoms with Crippen LogP contribution in [0.4, 0.5) is 0 Å². The molecule has 5 nitrogen and oxygen atoms in total. The molecule has 0 radical (unpaired) electrons. The van der Waals surface area contributed by atoms with Gasteiger partial charge in [0.15, 0.2) is 5.69 Å². The van der Waals surface area contributed by atoms with E-state index in [0.717, 1.165) is 29.8 Å². The van der Waals surface area contributed by atoms with Crippen LogP contribution in [0.5, 0.6) is 0 Å². The number of hydrogen-bond donors (Lipinski definition) is 1. The van der Waals surface area contributed by atoms with Gasteiger partial charge in [0, 0.05) is 20.1 Å². The highest BCUT2D eigenvalue weighted by molar-refractivity contribution is 9.10. The van der Waals surface area contributed by atoms with Crippen LogP contribution < -0.4 is 5.32 Å². The fraction of sp³-hybridized carbons (Fsp3) is 0.667. The fourth-order valence-electron chi connectivity index (χ4n) is 1.68. The zero-order chi connectivity index (χ0) is 13.7. The van der Waals surface area contributed by atoms with Crippen molar-refractivity contribution < 1.29 is 4.79 Å². The molecule has 1 rings (SSSR count). The average Bonchev–Trinajstić information content (AvgIpc) is 2.62. The molecule has 0 unspecified atom stereocenters. The van der Waals surface area contributed by atoms with Gasteiger partial charge in [-0.3, -0.25) is 9.48 Å². The van der Waals surface area contributed by atoms with E-state index in [1.165, 1.54) is 0 Å². The van der Waals surface area contributed by atoms with E-state index in [1.54, 1.807) is 4.68 Å². The fourth-order valence-corrected chi connectivity index (χ4v) is 2.19. The molecule has 0 atom stereocenters. The highest BCUT2D eigenvalue weighted by Gasteiger charge is 2.17. The lowest BCUT2D eigenvalue weighted by atomic mass is 10.3. The lowest BCUT2D eigenvalue weighted by Gasteiger charge is -2.17. The molecule has 18 heavy (non-hydrogen) atoms. The van der Waals surface area contributed by atoms with Gasteiger partial charge in [0.05, 0.1) is 10.2 Å². The van der Waals surface area contributed by atoms with Crippen molar-refractivity contribution in [1.82, 2.24) is 20.0 Å². The summed E-state index contributed by atoms with van der Waals surface area (Å²) in [6, 6.07) is 0. The standard InChI is InChI=1S/C12H21BrN4O/c1-5-17(6-2)8-7-14-12(18)11-10(13)9(3)16(4)15-11/h5-8H2,1-4H3,(H,14,18). The van der Waals surface area contributed by atoms with Gasteiger partial charge in [0.25, 0.3) is 5.91 Å². The predicted molar refractivity (Wildman–Crippen MR) is 75.8 cm³/mol. The quantitative estimate of drug-likeness (QED) is 0.866. The van der Waals surface area contributed by atoms with Gasteiger partial charge < -0.3 is 10.2 Å². The van der Waals surface area contributed by atoms with Gasteiger partial charge in [-0.1, -0.05) is 13.8 Å². The highest BCUT2D eigenvalue weighted by atomic mass is 79.9. The van der Waals surface area contributed by atoms with Crippen LogP contribution in [0.1, 0.15) is 30.0 Å². The van der Waals surface area contributed by atoms with Crippen molar-refractivity contribution in [2.75, 3.05) is 26.2 Å². The molecular weight excluding hydrogens is 296 g/mol. The number of aromatic nitrogens is 2. The summed E-state index contributed by atoms with van der Waals surface area (Å²) < 4.78 is 2.47. The van der Waals surface area contributed by atoms with Crippen LogP contribution in [-0.4, -0.2) is 46.8 Å². The predicted octanol–water partition coefficient (Wildman–Crippen LogP) is 1.56. The number of halogens is 1. The number of carbonyl (C=O) groups excluding carboxylic acids is 1. The molecule has 6 heteroatoms. The third kappa shape index (κ3) is 3.55. The number of nitrogens with zero attached hydrogens (tertiary/aromatic N) is 3. The largest absolute Gasteiger partial charge is 0.349 e. The van der Waals surface area contributed by atoms with E-state index >= 15 is 0 Å². The van der Waals surface area contributed by atoms with Crippen molar-refractivity contribution in [3.63, 3.8) is 0 Å². The minimum absolute atomic E-state index is 0.127. The maximum absolute atomic E-state index is 12.0. The van der Waals surface area contributed by atoms with Crippen molar-refractivity contribution in [2.45, 2.75) is 20.8 Å². The number of aryl methyl sites for hydroxylation is 1. The van der Waals surface area contributed by atoms with Gasteiger partial charge in [-0.15, -0.1) is 0 Å². The van der Waals surface area contributed by atoms with Gasteiger partial charge in [-0.2, -0.15) is 5.10 Å². The monoisotopic (exact) mass is 316 g/mol. The zero-order valence-electron chi connectivity index (χ0n) is 11.5. The van der Waals surface area contributed by atoms with Crippen LogP contribution >= 0.6 is 15.9 Å². The van der Waals surface area contributed by atoms with E-state index in [0.29, 0.717) is 12.2 Å². The minimum Gasteiger partial charge on any atom is -0.349 e. The number of amides is 1. The van der Waals surface area contributed by atoms with Crippen LogP contribution in [0.25, 0.3) is 0 Å². The van der Waals surface area contributed by atoms with Crippen LogP contribution in [0, 0.1) is 6.92 Å². The maximum Gasteiger partial charge on any atom is 0.273 e. The lowest BCUT2D eigenvalue weighted by molar-refractivity contribution is 0.0942. The molecule has 1 N–H and O–H groups in total. The van der Waals surface area contributed by atoms with E-state index in [4.69, 9.17) is 0 Å². The molecule has 0 aliphatic carbocycles. The average molecular weight is 317 g/mol. The van der Waals surface area contributed by atoms with E-state index in [2.05, 4.69) is 45.1 Å². The van der Waals surface area contributed by atoms with Crippen molar-refractivity contribution in [2.24, 2.45) is 7.05 Å². The summed E-state index contributed by atoms with van der Waals surface area (Å²) in [6.07, 6.45) is 0. The van der Waals surface area contributed by atoms with Crippen molar-refractivity contribution in [3.05, 3.63) is 15.9 Å². The van der Waals surface area contributed by atoms with Gasteiger partial charge in [0.2, 0.25) is 0 Å². The molecule has 0 saturated heterocycles. The topological polar surface area (TPSA) is 50.2 Å². The Kier molecular flexibility index (Phi) is 5.81. The van der Waals surface area contributed by atoms with Crippen LogP contribution in [-0.2, 0) is 7.05 Å². The van der Waals surface area contributed by atoms with E-state index in [9.17, 15) is 4.79 Å². The van der Waals surface area contributed by atoms with E-state index < -0.39 is 0 Å². The second-order valence-electron chi connectivity index (χ2n) is 4.15. The van der Waals surface area contributed by atoms with Crippen LogP contribution in [0.3, 0.4) is 0 Å². The molecule has 0 aromatic carbocycles. The first kappa shape index (κ1) is 15.2. The number of likely N-dealkylation sites (N-methyl/N-ethyl adjacent to an activating group) is 1. The number of carbonyl (C=O) groups is 1. The molecule has 1 aromatic rings. The lowest BCUT2D eigenvalue weighted by Crippen LogP contribution is -2.35. The Balaban J connectivity index is 2.53. The third-order valence-electron chi connectivity index (χ3n) is 3.08. The van der Waals surface area contributed by atoms with Crippen molar-refractivity contribution in [1.29, 1.82) is 0 Å². The summed E-state index contributed by atoms with van der Waals surface area (Å²) >= 11 is 3.40. The van der Waals surface area contributed by atoms with Crippen molar-refractivity contribution in [3.8, 4) is 0 Å². The molecule has 1 amide bonds. The minimum atomic E-state index is -0.127. The molecule has 1 aromatic heterocycles. The molecule has 0 aliphatic heterocycles. The first-order chi connectivity index (χ1) is 8.51. The molecule has 0 saturated carbocycles. The van der Waals surface area contributed by atoms with Gasteiger partial charge in [-0.05, 0) is 35.9 Å². The Morgan fingerprint density at radius 1 is 1.44 bits per heavy atom. The third-order valence-corrected chi connectivity index (χ3v) is 4.03. The van der Waals surface area contributed by atoms with E-state index in [-0.39, 0.29) is 5.91 Å². The maximum atomic E-state index is 12.0. The Morgan fingerprint density at radius 2 is 2.06 bits per heavy atom. The summed E-state index contributed by atoms with van der Waals surface area (Å²) in [6.45, 7) is 9.65. The SMILES string of the molecule is CCN(CC)CCNC(=O)c1nn(C)c(C)c1Br. The summed E-state index contributed by atoms with van der Waals surface area (Å²) in [4.78, 5) is 14.2. The molecule has 0 bridgehead atoms. The molecular formula is C12H21BrN4O. The summed E-state index contributed by atoms with van der Waals surface area (Å²) in [5.74, 6) is -0.127. The smallest absolute Gasteiger partial charge is 0.273 e. The first-order valence-electron chi connectivity index (χ1n) is 6.20. The number of nitrogens with one attached hydrogen (secondary N) is 1. The molecule has 0 spiro atoms. The summed E-state index contributed by atoms with van der Waals surface area (Å²) in [7, 11) is 1.83. The Bertz CT molecular complexity index is 412. The summed E-state index contributed by atoms with van der Waals surface area (Å²) in [5, 5.41) is 7.08. The molecule has 0 fully saturated rings. The molecule has 0 aliphatic rings. The normalized spacial score (nSPS) is 11.0. The van der Waals surface area contributed by atoms with Gasteiger partial charge in [0.1, 0.15) is 0 Å². The second kappa shape index (κ2) is 6.89. The molecule has 1 heterocycles. The van der Waals surface area contributed by atoms with Gasteiger partial charge in [-0.25, -0.2) is 0 Å². The first-order valence-corrected chi connectivity index (χ1v) is 7.00. The highest BCUT2D eigenvalue weighted by Crippen LogP contribution is 2.19. The molecule has 102 valence electrons. The van der Waals surface area contributed by atoms with Crippen LogP contribution in [0.15, 0.2) is 4.47 Å². The Morgan fingerprint density at radius 3 is 2.50 bits per heavy atom. The van der Waals surface area contributed by atoms with Crippen molar-refractivity contribution >= 4 is 21.8 Å². The Hall–Kier alpha value is -0.880. The van der Waals surface area contributed by atoms with E-state index in [1.807, 2.05) is 14.0 Å². The number of hydrogen-bond acceptors (Lipinski definition) is 3. The van der Waals surface area contributed by atoms with Crippen LogP contribution in [0.2, 0.25) is 0 Å². The number of rotatable bonds is 6. The summed E-state index contributed by atoms with van der Waals surface area (Å²) in [5.41, 5.74) is 1.40. The zero-order valence-corrected chi connectivity index (χ0v) is 13.0. The second-order valence-corrected chi connectivity index (χ2v) is 4.95.